The van der Waals surface area contributed by atoms with Crippen LogP contribution in [0.3, 0.4) is 0 Å². The van der Waals surface area contributed by atoms with Crippen LogP contribution in [0, 0.1) is 0 Å². The van der Waals surface area contributed by atoms with Crippen LogP contribution in [-0.4, -0.2) is 59.1 Å². The van der Waals surface area contributed by atoms with Gasteiger partial charge in [0, 0.05) is 15.6 Å². The van der Waals surface area contributed by atoms with Crippen molar-refractivity contribution in [2.24, 2.45) is 0 Å². The largest absolute Gasteiger partial charge is 0.467 e. The summed E-state index contributed by atoms with van der Waals surface area (Å²) in [6, 6.07) is 18.9. The van der Waals surface area contributed by atoms with E-state index < -0.39 is 54.1 Å². The van der Waals surface area contributed by atoms with Crippen LogP contribution < -0.4 is 10.6 Å². The predicted octanol–water partition coefficient (Wildman–Crippen LogP) is 4.58. The van der Waals surface area contributed by atoms with Crippen LogP contribution in [0.2, 0.25) is 10.0 Å². The highest BCUT2D eigenvalue weighted by Crippen LogP contribution is 2.51. The third-order valence-corrected chi connectivity index (χ3v) is 8.24. The number of amides is 3. The average molecular weight is 626 g/mol. The van der Waals surface area contributed by atoms with Crippen molar-refractivity contribution in [1.29, 1.82) is 0 Å². The quantitative estimate of drug-likeness (QED) is 0.352. The summed E-state index contributed by atoms with van der Waals surface area (Å²) < 4.78 is 10.2. The van der Waals surface area contributed by atoms with Gasteiger partial charge >= 0.3 is 12.1 Å². The van der Waals surface area contributed by atoms with Gasteiger partial charge in [-0.1, -0.05) is 89.9 Å². The first-order valence-corrected chi connectivity index (χ1v) is 14.4. The van der Waals surface area contributed by atoms with E-state index in [1.807, 2.05) is 60.7 Å². The van der Waals surface area contributed by atoms with Gasteiger partial charge in [0.1, 0.15) is 24.7 Å². The molecule has 12 heteroatoms. The summed E-state index contributed by atoms with van der Waals surface area (Å²) in [4.78, 5) is 52.9. The summed E-state index contributed by atoms with van der Waals surface area (Å²) in [5, 5.41) is 9.19. The highest BCUT2D eigenvalue weighted by Gasteiger charge is 2.59. The minimum atomic E-state index is -1.12. The second kappa shape index (κ2) is 13.0. The monoisotopic (exact) mass is 624 g/mol. The number of hydrogen-bond donors (Lipinski definition) is 2. The van der Waals surface area contributed by atoms with Crippen LogP contribution >= 0.6 is 23.2 Å². The van der Waals surface area contributed by atoms with E-state index in [0.29, 0.717) is 21.2 Å². The maximum absolute atomic E-state index is 14.2. The van der Waals surface area contributed by atoms with Crippen molar-refractivity contribution in [3.63, 3.8) is 0 Å². The number of hydrazine groups is 1. The molecule has 3 amide bonds. The molecule has 5 atom stereocenters. The Labute approximate surface area is 258 Å². The van der Waals surface area contributed by atoms with Gasteiger partial charge in [-0.05, 0) is 36.6 Å². The van der Waals surface area contributed by atoms with Crippen molar-refractivity contribution in [1.82, 2.24) is 20.7 Å². The molecule has 3 aromatic carbocycles. The Morgan fingerprint density at radius 2 is 1.58 bits per heavy atom. The van der Waals surface area contributed by atoms with Gasteiger partial charge in [0.2, 0.25) is 5.91 Å². The summed E-state index contributed by atoms with van der Waals surface area (Å²) >= 11 is 13.3. The first-order valence-electron chi connectivity index (χ1n) is 13.7. The van der Waals surface area contributed by atoms with Crippen LogP contribution in [0.15, 0.2) is 78.9 Å². The van der Waals surface area contributed by atoms with Gasteiger partial charge in [-0.15, -0.1) is 0 Å². The Hall–Kier alpha value is -4.12. The number of rotatable bonds is 8. The molecular weight excluding hydrogens is 595 g/mol. The fourth-order valence-electron chi connectivity index (χ4n) is 5.63. The number of fused-ring (bicyclic) bond motifs is 1. The zero-order chi connectivity index (χ0) is 30.7. The number of alkyl carbamates (subject to hydrolysis) is 1. The van der Waals surface area contributed by atoms with Crippen LogP contribution in [0.1, 0.15) is 42.1 Å². The molecule has 2 aliphatic heterocycles. The van der Waals surface area contributed by atoms with Gasteiger partial charge in [-0.25, -0.2) is 14.6 Å². The summed E-state index contributed by atoms with van der Waals surface area (Å²) in [5.74, 6) is -1.73. The lowest BCUT2D eigenvalue weighted by Crippen LogP contribution is -2.52. The predicted molar refractivity (Wildman–Crippen MR) is 159 cm³/mol. The highest BCUT2D eigenvalue weighted by atomic mass is 35.5. The van der Waals surface area contributed by atoms with Crippen molar-refractivity contribution in [2.45, 2.75) is 50.2 Å². The topological polar surface area (TPSA) is 117 Å². The second-order valence-corrected chi connectivity index (χ2v) is 11.1. The molecule has 0 aliphatic carbocycles. The maximum atomic E-state index is 14.2. The third kappa shape index (κ3) is 6.17. The van der Waals surface area contributed by atoms with E-state index in [9.17, 15) is 19.2 Å². The molecular formula is C31H30Cl2N4O6. The standard InChI is InChI=1S/C31H30Cl2N4O6/c1-18(30(40)42-2)34-28(38)24-16-23(25-21(32)14-9-15-22(25)33)36-27(20-12-7-4-8-13-20)26(29(39)37(24)36)35-31(41)43-17-19-10-5-3-6-11-19/h3-15,18,23-24,26-27H,16-17H2,1-2H3,(H,34,38)(H,35,41)/t18-,23+,24+,26-,27-/m0/s1. The number of carbonyl (C=O) groups excluding carboxylic acids is 4. The number of ether oxygens (including phenoxy) is 2. The van der Waals surface area contributed by atoms with E-state index in [0.717, 1.165) is 5.56 Å². The number of hydrogen-bond acceptors (Lipinski definition) is 7. The Morgan fingerprint density at radius 1 is 0.953 bits per heavy atom. The number of nitrogens with one attached hydrogen (secondary N) is 2. The molecule has 0 saturated carbocycles. The maximum Gasteiger partial charge on any atom is 0.408 e. The van der Waals surface area contributed by atoms with Crippen molar-refractivity contribution >= 4 is 47.1 Å². The highest BCUT2D eigenvalue weighted by molar-refractivity contribution is 6.36. The van der Waals surface area contributed by atoms with Crippen LogP contribution in [-0.2, 0) is 30.5 Å². The van der Waals surface area contributed by atoms with Crippen molar-refractivity contribution in [2.75, 3.05) is 7.11 Å². The lowest BCUT2D eigenvalue weighted by Gasteiger charge is -2.33. The Morgan fingerprint density at radius 3 is 2.21 bits per heavy atom. The Kier molecular flexibility index (Phi) is 9.19. The number of halogens is 2. The molecule has 0 unspecified atom stereocenters. The van der Waals surface area contributed by atoms with Crippen molar-refractivity contribution in [3.05, 3.63) is 106 Å². The van der Waals surface area contributed by atoms with E-state index in [4.69, 9.17) is 32.7 Å². The van der Waals surface area contributed by atoms with Gasteiger partial charge in [0.05, 0.1) is 19.2 Å². The molecule has 10 nitrogen and oxygen atoms in total. The SMILES string of the molecule is COC(=O)[C@H](C)NC(=O)[C@H]1C[C@H](c2c(Cl)cccc2Cl)N2[C@@H](c3ccccc3)[C@H](NC(=O)OCc3ccccc3)C(=O)N12. The van der Waals surface area contributed by atoms with Crippen LogP contribution in [0.25, 0.3) is 0 Å². The molecule has 3 aromatic rings. The van der Waals surface area contributed by atoms with E-state index in [1.54, 1.807) is 23.2 Å². The normalized spacial score (nSPS) is 22.0. The minimum absolute atomic E-state index is 0.00528. The van der Waals surface area contributed by atoms with Gasteiger partial charge in [0.25, 0.3) is 5.91 Å². The summed E-state index contributed by atoms with van der Waals surface area (Å²) in [6.07, 6.45) is -0.665. The molecule has 0 bridgehead atoms. The smallest absolute Gasteiger partial charge is 0.408 e. The summed E-state index contributed by atoms with van der Waals surface area (Å²) in [5.41, 5.74) is 2.03. The van der Waals surface area contributed by atoms with Crippen LogP contribution in [0.4, 0.5) is 4.79 Å². The zero-order valence-corrected chi connectivity index (χ0v) is 24.9. The number of methoxy groups -OCH3 is 1. The van der Waals surface area contributed by atoms with E-state index in [-0.39, 0.29) is 13.0 Å². The average Bonchev–Trinajstić information content (AvgIpc) is 3.52. The molecule has 2 fully saturated rings. The lowest BCUT2D eigenvalue weighted by atomic mass is 9.94. The van der Waals surface area contributed by atoms with E-state index >= 15 is 0 Å². The number of carbonyl (C=O) groups is 4. The molecule has 224 valence electrons. The molecule has 5 rings (SSSR count). The first-order chi connectivity index (χ1) is 20.7. The Bertz CT molecular complexity index is 1490. The van der Waals surface area contributed by atoms with Gasteiger partial charge in [0.15, 0.2) is 0 Å². The second-order valence-electron chi connectivity index (χ2n) is 10.3. The number of nitrogens with zero attached hydrogens (tertiary/aromatic N) is 2. The van der Waals surface area contributed by atoms with Gasteiger partial charge in [-0.2, -0.15) is 0 Å². The molecule has 0 spiro atoms. The van der Waals surface area contributed by atoms with E-state index in [2.05, 4.69) is 10.6 Å². The molecule has 2 aliphatic rings. The van der Waals surface area contributed by atoms with Crippen molar-refractivity contribution in [3.8, 4) is 0 Å². The molecule has 2 N–H and O–H groups in total. The third-order valence-electron chi connectivity index (χ3n) is 7.58. The number of benzene rings is 3. The summed E-state index contributed by atoms with van der Waals surface area (Å²) in [7, 11) is 1.22. The molecule has 43 heavy (non-hydrogen) atoms. The Balaban J connectivity index is 1.53. The fourth-order valence-corrected chi connectivity index (χ4v) is 6.28. The van der Waals surface area contributed by atoms with Crippen LogP contribution in [0.5, 0.6) is 0 Å². The zero-order valence-electron chi connectivity index (χ0n) is 23.4. The fraction of sp³-hybridized carbons (Fsp3) is 0.290. The van der Waals surface area contributed by atoms with Gasteiger partial charge in [-0.3, -0.25) is 14.6 Å². The lowest BCUT2D eigenvalue weighted by molar-refractivity contribution is -0.149. The van der Waals surface area contributed by atoms with Gasteiger partial charge < -0.3 is 20.1 Å². The molecule has 0 radical (unpaired) electrons. The molecule has 0 aromatic heterocycles. The van der Waals surface area contributed by atoms with E-state index in [1.165, 1.54) is 19.0 Å². The number of esters is 1. The van der Waals surface area contributed by atoms with Crippen molar-refractivity contribution < 1.29 is 28.7 Å². The summed E-state index contributed by atoms with van der Waals surface area (Å²) in [6.45, 7) is 1.50. The first kappa shape index (κ1) is 30.3. The molecule has 2 heterocycles. The minimum Gasteiger partial charge on any atom is -0.467 e. The molecule has 2 saturated heterocycles.